The zero-order valence-corrected chi connectivity index (χ0v) is 9.21. The highest BCUT2D eigenvalue weighted by atomic mass is 32.2. The van der Waals surface area contributed by atoms with E-state index >= 15 is 0 Å². The van der Waals surface area contributed by atoms with Crippen LogP contribution in [0.25, 0.3) is 0 Å². The number of aliphatic hydroxyl groups excluding tert-OH is 1. The number of hydrogen-bond acceptors (Lipinski definition) is 5. The van der Waals surface area contributed by atoms with Gasteiger partial charge in [0.25, 0.3) is 0 Å². The first-order valence-corrected chi connectivity index (χ1v) is 5.68. The molecule has 0 radical (unpaired) electrons. The lowest BCUT2D eigenvalue weighted by molar-refractivity contribution is 0.191. The summed E-state index contributed by atoms with van der Waals surface area (Å²) in [7, 11) is 0. The van der Waals surface area contributed by atoms with Crippen molar-refractivity contribution in [2.75, 3.05) is 12.8 Å². The molecule has 0 saturated carbocycles. The first-order valence-electron chi connectivity index (χ1n) is 4.46. The third-order valence-corrected chi connectivity index (χ3v) is 2.21. The van der Waals surface area contributed by atoms with Crippen LogP contribution in [0.3, 0.4) is 0 Å². The van der Waals surface area contributed by atoms with E-state index in [9.17, 15) is 0 Å². The molecule has 1 rings (SSSR count). The van der Waals surface area contributed by atoms with Gasteiger partial charge in [-0.15, -0.1) is 0 Å². The van der Waals surface area contributed by atoms with Crippen LogP contribution >= 0.6 is 11.8 Å². The van der Waals surface area contributed by atoms with Crippen molar-refractivity contribution in [3.05, 3.63) is 18.0 Å². The number of hydrogen-bond donors (Lipinski definition) is 2. The van der Waals surface area contributed by atoms with Crippen LogP contribution in [0.2, 0.25) is 0 Å². The molecule has 1 atom stereocenters. The second kappa shape index (κ2) is 5.95. The summed E-state index contributed by atoms with van der Waals surface area (Å²) in [5.74, 6) is 0. The molecule has 0 fully saturated rings. The van der Waals surface area contributed by atoms with Crippen molar-refractivity contribution in [2.24, 2.45) is 0 Å². The molecule has 1 heterocycles. The quantitative estimate of drug-likeness (QED) is 0.556. The normalized spacial score (nSPS) is 12.8. The summed E-state index contributed by atoms with van der Waals surface area (Å²) in [5, 5.41) is 12.9. The summed E-state index contributed by atoms with van der Waals surface area (Å²) in [6.07, 6.45) is 5.23. The summed E-state index contributed by atoms with van der Waals surface area (Å²) < 4.78 is 0. The molecular formula is C9H15N3OS. The first kappa shape index (κ1) is 11.4. The Hall–Kier alpha value is -0.650. The molecule has 1 aromatic rings. The van der Waals surface area contributed by atoms with Gasteiger partial charge in [-0.25, -0.2) is 9.97 Å². The molecule has 0 bridgehead atoms. The van der Waals surface area contributed by atoms with Crippen LogP contribution < -0.4 is 5.32 Å². The molecule has 1 aromatic heterocycles. The molecule has 0 aliphatic heterocycles. The topological polar surface area (TPSA) is 58.0 Å². The van der Waals surface area contributed by atoms with Gasteiger partial charge >= 0.3 is 0 Å². The average Bonchev–Trinajstić information content (AvgIpc) is 2.18. The summed E-state index contributed by atoms with van der Waals surface area (Å²) in [6, 6.07) is 0. The van der Waals surface area contributed by atoms with Gasteiger partial charge in [-0.05, 0) is 13.2 Å². The summed E-state index contributed by atoms with van der Waals surface area (Å²) in [4.78, 5) is 8.29. The van der Waals surface area contributed by atoms with Crippen LogP contribution in [0.5, 0.6) is 0 Å². The van der Waals surface area contributed by atoms with Gasteiger partial charge in [-0.1, -0.05) is 11.8 Å². The molecule has 0 unspecified atom stereocenters. The number of nitrogens with one attached hydrogen (secondary N) is 1. The van der Waals surface area contributed by atoms with Gasteiger partial charge in [0.2, 0.25) is 0 Å². The fourth-order valence-electron chi connectivity index (χ4n) is 0.965. The molecule has 5 heteroatoms. The maximum atomic E-state index is 9.02. The maximum Gasteiger partial charge on any atom is 0.187 e. The number of aliphatic hydroxyl groups is 1. The summed E-state index contributed by atoms with van der Waals surface area (Å²) in [6.45, 7) is 3.03. The van der Waals surface area contributed by atoms with E-state index in [-0.39, 0.29) is 6.10 Å². The summed E-state index contributed by atoms with van der Waals surface area (Å²) >= 11 is 1.52. The third-order valence-electron chi connectivity index (χ3n) is 1.63. The van der Waals surface area contributed by atoms with Crippen LogP contribution in [0.1, 0.15) is 12.5 Å². The first-order chi connectivity index (χ1) is 6.72. The van der Waals surface area contributed by atoms with Crippen LogP contribution in [0.4, 0.5) is 0 Å². The fourth-order valence-corrected chi connectivity index (χ4v) is 1.28. The minimum Gasteiger partial charge on any atom is -0.392 e. The number of aromatic nitrogens is 2. The van der Waals surface area contributed by atoms with E-state index in [1.165, 1.54) is 11.8 Å². The van der Waals surface area contributed by atoms with Crippen LogP contribution in [-0.2, 0) is 6.54 Å². The molecule has 0 saturated heterocycles. The molecule has 14 heavy (non-hydrogen) atoms. The standard InChI is InChI=1S/C9H15N3OS/c1-7(13)3-10-4-8-5-11-9(14-2)12-6-8/h5-7,10,13H,3-4H2,1-2H3/t7-/m0/s1. The van der Waals surface area contributed by atoms with Gasteiger partial charge in [0.05, 0.1) is 6.10 Å². The highest BCUT2D eigenvalue weighted by molar-refractivity contribution is 7.98. The third kappa shape index (κ3) is 4.04. The van der Waals surface area contributed by atoms with Crippen LogP contribution in [0, 0.1) is 0 Å². The molecule has 0 spiro atoms. The van der Waals surface area contributed by atoms with E-state index in [0.29, 0.717) is 13.1 Å². The molecular weight excluding hydrogens is 198 g/mol. The van der Waals surface area contributed by atoms with E-state index in [4.69, 9.17) is 5.11 Å². The molecule has 4 nitrogen and oxygen atoms in total. The predicted octanol–water partition coefficient (Wildman–Crippen LogP) is 0.669. The Kier molecular flexibility index (Phi) is 4.86. The second-order valence-corrected chi connectivity index (χ2v) is 3.83. The van der Waals surface area contributed by atoms with Crippen LogP contribution in [0.15, 0.2) is 17.6 Å². The lowest BCUT2D eigenvalue weighted by atomic mass is 10.3. The average molecular weight is 213 g/mol. The molecule has 0 aliphatic rings. The van der Waals surface area contributed by atoms with Crippen molar-refractivity contribution in [2.45, 2.75) is 24.7 Å². The molecule has 78 valence electrons. The predicted molar refractivity (Wildman–Crippen MR) is 57.2 cm³/mol. The lowest BCUT2D eigenvalue weighted by Gasteiger charge is -2.06. The summed E-state index contributed by atoms with van der Waals surface area (Å²) in [5.41, 5.74) is 1.03. The van der Waals surface area contributed by atoms with E-state index in [2.05, 4.69) is 15.3 Å². The second-order valence-electron chi connectivity index (χ2n) is 3.06. The van der Waals surface area contributed by atoms with Crippen molar-refractivity contribution in [1.29, 1.82) is 0 Å². The van der Waals surface area contributed by atoms with Crippen molar-refractivity contribution < 1.29 is 5.11 Å². The molecule has 2 N–H and O–H groups in total. The van der Waals surface area contributed by atoms with Gasteiger partial charge < -0.3 is 10.4 Å². The number of thioether (sulfide) groups is 1. The number of rotatable bonds is 5. The van der Waals surface area contributed by atoms with Gasteiger partial charge in [0.1, 0.15) is 0 Å². The Morgan fingerprint density at radius 3 is 2.64 bits per heavy atom. The minimum absolute atomic E-state index is 0.318. The Bertz CT molecular complexity index is 263. The number of nitrogens with zero attached hydrogens (tertiary/aromatic N) is 2. The molecule has 0 aliphatic carbocycles. The molecule has 0 aromatic carbocycles. The van der Waals surface area contributed by atoms with Crippen molar-refractivity contribution in [1.82, 2.24) is 15.3 Å². The SMILES string of the molecule is CSc1ncc(CNC[C@H](C)O)cn1. The van der Waals surface area contributed by atoms with E-state index in [1.54, 1.807) is 19.3 Å². The largest absolute Gasteiger partial charge is 0.392 e. The zero-order valence-electron chi connectivity index (χ0n) is 8.40. The minimum atomic E-state index is -0.318. The van der Waals surface area contributed by atoms with Crippen molar-refractivity contribution in [3.63, 3.8) is 0 Å². The molecule has 0 amide bonds. The Morgan fingerprint density at radius 1 is 1.50 bits per heavy atom. The van der Waals surface area contributed by atoms with E-state index in [0.717, 1.165) is 10.7 Å². The Balaban J connectivity index is 2.36. The van der Waals surface area contributed by atoms with E-state index in [1.807, 2.05) is 6.26 Å². The van der Waals surface area contributed by atoms with Gasteiger partial charge in [0, 0.05) is 31.0 Å². The highest BCUT2D eigenvalue weighted by Crippen LogP contribution is 2.06. The van der Waals surface area contributed by atoms with Crippen molar-refractivity contribution in [3.8, 4) is 0 Å². The Labute approximate surface area is 88.2 Å². The van der Waals surface area contributed by atoms with Crippen molar-refractivity contribution >= 4 is 11.8 Å². The smallest absolute Gasteiger partial charge is 0.187 e. The van der Waals surface area contributed by atoms with Gasteiger partial charge in [-0.2, -0.15) is 0 Å². The monoisotopic (exact) mass is 213 g/mol. The van der Waals surface area contributed by atoms with Gasteiger partial charge in [0.15, 0.2) is 5.16 Å². The van der Waals surface area contributed by atoms with Crippen LogP contribution in [-0.4, -0.2) is 34.0 Å². The maximum absolute atomic E-state index is 9.02. The van der Waals surface area contributed by atoms with Gasteiger partial charge in [-0.3, -0.25) is 0 Å². The van der Waals surface area contributed by atoms with E-state index < -0.39 is 0 Å². The lowest BCUT2D eigenvalue weighted by Crippen LogP contribution is -2.23. The Morgan fingerprint density at radius 2 is 2.14 bits per heavy atom. The fraction of sp³-hybridized carbons (Fsp3) is 0.556. The highest BCUT2D eigenvalue weighted by Gasteiger charge is 1.97. The zero-order chi connectivity index (χ0) is 10.4.